The summed E-state index contributed by atoms with van der Waals surface area (Å²) in [6, 6.07) is -0.632. The van der Waals surface area contributed by atoms with Crippen molar-refractivity contribution >= 4 is 18.0 Å². The second-order valence-electron chi connectivity index (χ2n) is 5.40. The van der Waals surface area contributed by atoms with Crippen molar-refractivity contribution in [2.75, 3.05) is 6.54 Å². The normalized spacial score (nSPS) is 18.9. The van der Waals surface area contributed by atoms with Crippen molar-refractivity contribution in [2.24, 2.45) is 0 Å². The topological polar surface area (TPSA) is 84.9 Å². The Morgan fingerprint density at radius 3 is 2.42 bits per heavy atom. The van der Waals surface area contributed by atoms with Gasteiger partial charge in [0.15, 0.2) is 0 Å². The van der Waals surface area contributed by atoms with Crippen molar-refractivity contribution in [2.45, 2.75) is 52.2 Å². The summed E-state index contributed by atoms with van der Waals surface area (Å²) >= 11 is 0. The Balaban J connectivity index is 2.43. The van der Waals surface area contributed by atoms with Gasteiger partial charge >= 0.3 is 12.1 Å². The largest absolute Gasteiger partial charge is 0.442 e. The summed E-state index contributed by atoms with van der Waals surface area (Å²) in [6.45, 7) is 7.02. The molecule has 1 saturated heterocycles. The number of hydroxylamine groups is 1. The van der Waals surface area contributed by atoms with Crippen LogP contribution in [-0.4, -0.2) is 41.1 Å². The molecule has 108 valence electrons. The van der Waals surface area contributed by atoms with Crippen LogP contribution in [0.4, 0.5) is 4.79 Å². The Bertz CT molecular complexity index is 375. The molecule has 0 aliphatic carbocycles. The van der Waals surface area contributed by atoms with Crippen LogP contribution < -0.4 is 5.48 Å². The van der Waals surface area contributed by atoms with E-state index in [4.69, 9.17) is 4.74 Å². The van der Waals surface area contributed by atoms with Crippen LogP contribution in [-0.2, 0) is 19.2 Å². The summed E-state index contributed by atoms with van der Waals surface area (Å²) in [5.74, 6) is -0.838. The molecule has 0 aromatic rings. The predicted octanol–water partition coefficient (Wildman–Crippen LogP) is 0.980. The van der Waals surface area contributed by atoms with E-state index in [1.807, 2.05) is 5.48 Å². The van der Waals surface area contributed by atoms with E-state index in [0.717, 1.165) is 6.42 Å². The standard InChI is InChI=1S/C12H20N2O5/c1-8(15)14-7-5-6-9(14)10(16)19-13-11(17)18-12(2,3)4/h9H,5-7H2,1-4H3,(H,13,17). The Kier molecular flexibility index (Phi) is 4.74. The lowest BCUT2D eigenvalue weighted by Gasteiger charge is -2.22. The van der Waals surface area contributed by atoms with Gasteiger partial charge in [-0.05, 0) is 33.6 Å². The summed E-state index contributed by atoms with van der Waals surface area (Å²) in [5.41, 5.74) is 1.26. The molecule has 1 aliphatic rings. The van der Waals surface area contributed by atoms with Crippen molar-refractivity contribution < 1.29 is 24.0 Å². The van der Waals surface area contributed by atoms with Gasteiger partial charge in [-0.1, -0.05) is 0 Å². The lowest BCUT2D eigenvalue weighted by atomic mass is 10.2. The highest BCUT2D eigenvalue weighted by atomic mass is 16.7. The molecule has 0 aromatic carbocycles. The quantitative estimate of drug-likeness (QED) is 0.719. The van der Waals surface area contributed by atoms with Gasteiger partial charge in [-0.2, -0.15) is 0 Å². The van der Waals surface area contributed by atoms with E-state index in [9.17, 15) is 14.4 Å². The molecule has 1 atom stereocenters. The summed E-state index contributed by atoms with van der Waals surface area (Å²) in [4.78, 5) is 40.4. The van der Waals surface area contributed by atoms with Gasteiger partial charge in [0.2, 0.25) is 5.91 Å². The third-order valence-electron chi connectivity index (χ3n) is 2.56. The summed E-state index contributed by atoms with van der Waals surface area (Å²) in [5, 5.41) is 0. The number of rotatable bonds is 1. The molecule has 0 aromatic heterocycles. The van der Waals surface area contributed by atoms with Gasteiger partial charge in [0.1, 0.15) is 11.6 Å². The second kappa shape index (κ2) is 5.90. The SMILES string of the molecule is CC(=O)N1CCCC1C(=O)ONC(=O)OC(C)(C)C. The van der Waals surface area contributed by atoms with Crippen LogP contribution in [0.2, 0.25) is 0 Å². The third kappa shape index (κ3) is 4.76. The zero-order valence-electron chi connectivity index (χ0n) is 11.7. The average Bonchev–Trinajstić information content (AvgIpc) is 2.72. The first-order valence-electron chi connectivity index (χ1n) is 6.17. The van der Waals surface area contributed by atoms with Crippen LogP contribution in [0, 0.1) is 0 Å². The van der Waals surface area contributed by atoms with E-state index >= 15 is 0 Å². The average molecular weight is 272 g/mol. The number of nitrogens with zero attached hydrogens (tertiary/aromatic N) is 1. The Labute approximate surface area is 112 Å². The van der Waals surface area contributed by atoms with E-state index in [-0.39, 0.29) is 5.91 Å². The molecular formula is C12H20N2O5. The van der Waals surface area contributed by atoms with Crippen LogP contribution in [0.25, 0.3) is 0 Å². The summed E-state index contributed by atoms with van der Waals surface area (Å²) in [7, 11) is 0. The van der Waals surface area contributed by atoms with E-state index in [2.05, 4.69) is 4.84 Å². The number of hydrogen-bond acceptors (Lipinski definition) is 5. The molecule has 0 saturated carbocycles. The molecule has 7 nitrogen and oxygen atoms in total. The van der Waals surface area contributed by atoms with Gasteiger partial charge in [0, 0.05) is 13.5 Å². The molecule has 1 aliphatic heterocycles. The maximum atomic E-state index is 11.7. The van der Waals surface area contributed by atoms with Crippen molar-refractivity contribution in [3.63, 3.8) is 0 Å². The van der Waals surface area contributed by atoms with Crippen molar-refractivity contribution in [3.05, 3.63) is 0 Å². The van der Waals surface area contributed by atoms with Crippen LogP contribution in [0.3, 0.4) is 0 Å². The molecule has 1 unspecified atom stereocenters. The van der Waals surface area contributed by atoms with Gasteiger partial charge in [-0.15, -0.1) is 5.48 Å². The highest BCUT2D eigenvalue weighted by molar-refractivity contribution is 5.84. The first kappa shape index (κ1) is 15.3. The Morgan fingerprint density at radius 2 is 1.89 bits per heavy atom. The monoisotopic (exact) mass is 272 g/mol. The fourth-order valence-electron chi connectivity index (χ4n) is 1.85. The molecule has 1 N–H and O–H groups in total. The van der Waals surface area contributed by atoms with Gasteiger partial charge in [-0.3, -0.25) is 4.79 Å². The smallest absolute Gasteiger partial charge is 0.441 e. The molecular weight excluding hydrogens is 252 g/mol. The summed E-state index contributed by atoms with van der Waals surface area (Å²) < 4.78 is 4.92. The summed E-state index contributed by atoms with van der Waals surface area (Å²) in [6.07, 6.45) is 0.438. The zero-order chi connectivity index (χ0) is 14.6. The van der Waals surface area contributed by atoms with E-state index in [1.54, 1.807) is 20.8 Å². The van der Waals surface area contributed by atoms with E-state index < -0.39 is 23.7 Å². The number of nitrogens with one attached hydrogen (secondary N) is 1. The number of amides is 2. The van der Waals surface area contributed by atoms with Gasteiger partial charge in [0.25, 0.3) is 0 Å². The predicted molar refractivity (Wildman–Crippen MR) is 65.9 cm³/mol. The highest BCUT2D eigenvalue weighted by Crippen LogP contribution is 2.18. The lowest BCUT2D eigenvalue weighted by Crippen LogP contribution is -2.43. The van der Waals surface area contributed by atoms with E-state index in [0.29, 0.717) is 13.0 Å². The molecule has 0 spiro atoms. The highest BCUT2D eigenvalue weighted by Gasteiger charge is 2.34. The minimum absolute atomic E-state index is 0.184. The van der Waals surface area contributed by atoms with Gasteiger partial charge in [0.05, 0.1) is 0 Å². The molecule has 2 amide bonds. The van der Waals surface area contributed by atoms with Crippen LogP contribution in [0.1, 0.15) is 40.5 Å². The number of carbonyl (C=O) groups excluding carboxylic acids is 3. The van der Waals surface area contributed by atoms with Gasteiger partial charge < -0.3 is 14.5 Å². The third-order valence-corrected chi connectivity index (χ3v) is 2.56. The van der Waals surface area contributed by atoms with Gasteiger partial charge in [-0.25, -0.2) is 9.59 Å². The maximum Gasteiger partial charge on any atom is 0.441 e. The second-order valence-corrected chi connectivity index (χ2v) is 5.40. The van der Waals surface area contributed by atoms with Crippen LogP contribution in [0.15, 0.2) is 0 Å². The Hall–Kier alpha value is -1.79. The van der Waals surface area contributed by atoms with Crippen LogP contribution in [0.5, 0.6) is 0 Å². The number of ether oxygens (including phenoxy) is 1. The van der Waals surface area contributed by atoms with E-state index in [1.165, 1.54) is 11.8 Å². The minimum Gasteiger partial charge on any atom is -0.442 e. The first-order chi connectivity index (χ1) is 8.70. The number of hydrogen-bond donors (Lipinski definition) is 1. The molecule has 0 radical (unpaired) electrons. The fourth-order valence-corrected chi connectivity index (χ4v) is 1.85. The molecule has 1 heterocycles. The van der Waals surface area contributed by atoms with Crippen molar-refractivity contribution in [1.29, 1.82) is 0 Å². The fraction of sp³-hybridized carbons (Fsp3) is 0.750. The maximum absolute atomic E-state index is 11.7. The molecule has 1 rings (SSSR count). The van der Waals surface area contributed by atoms with Crippen molar-refractivity contribution in [3.8, 4) is 0 Å². The molecule has 1 fully saturated rings. The number of carbonyl (C=O) groups is 3. The molecule has 7 heteroatoms. The molecule has 19 heavy (non-hydrogen) atoms. The van der Waals surface area contributed by atoms with Crippen molar-refractivity contribution in [1.82, 2.24) is 10.4 Å². The molecule has 0 bridgehead atoms. The Morgan fingerprint density at radius 1 is 1.26 bits per heavy atom. The number of likely N-dealkylation sites (tertiary alicyclic amines) is 1. The van der Waals surface area contributed by atoms with Crippen LogP contribution >= 0.6 is 0 Å². The first-order valence-corrected chi connectivity index (χ1v) is 6.17. The minimum atomic E-state index is -0.840. The zero-order valence-corrected chi connectivity index (χ0v) is 11.7. The lowest BCUT2D eigenvalue weighted by molar-refractivity contribution is -0.158.